The van der Waals surface area contributed by atoms with Crippen LogP contribution in [0.2, 0.25) is 0 Å². The van der Waals surface area contributed by atoms with Crippen LogP contribution >= 0.6 is 0 Å². The molecule has 0 aromatic heterocycles. The van der Waals surface area contributed by atoms with Crippen molar-refractivity contribution in [3.05, 3.63) is 0 Å². The molecule has 8 atom stereocenters. The van der Waals surface area contributed by atoms with Gasteiger partial charge in [0, 0.05) is 24.3 Å². The highest BCUT2D eigenvalue weighted by molar-refractivity contribution is 5.87. The molecule has 3 heteroatoms. The van der Waals surface area contributed by atoms with Crippen LogP contribution in [0.1, 0.15) is 85.0 Å². The standard InChI is InChI=1S/C25H39NO2/c1-16(27)20-8-9-21-19-7-6-17-14-18(26-12-4-5-13-26)10-11-24(17,2)23(19)22(28)15-25(20,21)3/h17-21,23H,4-15H2,1-3H3/t17-,18-,19+,20-,21+,23-,24+,25-/m1/s1. The first-order valence-corrected chi connectivity index (χ1v) is 12.1. The Kier molecular flexibility index (Phi) is 4.58. The van der Waals surface area contributed by atoms with Gasteiger partial charge in [0.2, 0.25) is 0 Å². The fraction of sp³-hybridized carbons (Fsp3) is 0.920. The molecule has 5 rings (SSSR count). The summed E-state index contributed by atoms with van der Waals surface area (Å²) in [6.07, 6.45) is 12.0. The van der Waals surface area contributed by atoms with Crippen LogP contribution in [0.5, 0.6) is 0 Å². The number of carbonyl (C=O) groups is 2. The van der Waals surface area contributed by atoms with Gasteiger partial charge in [-0.3, -0.25) is 9.59 Å². The van der Waals surface area contributed by atoms with Gasteiger partial charge in [-0.15, -0.1) is 0 Å². The molecule has 0 aromatic rings. The molecule has 0 radical (unpaired) electrons. The second-order valence-electron chi connectivity index (χ2n) is 11.6. The first-order chi connectivity index (χ1) is 13.3. The zero-order valence-corrected chi connectivity index (χ0v) is 18.2. The van der Waals surface area contributed by atoms with E-state index in [-0.39, 0.29) is 22.7 Å². The lowest BCUT2D eigenvalue weighted by atomic mass is 9.44. The highest BCUT2D eigenvalue weighted by Gasteiger charge is 2.63. The summed E-state index contributed by atoms with van der Waals surface area (Å²) in [4.78, 5) is 28.7. The third-order valence-electron chi connectivity index (χ3n) is 10.5. The number of Topliss-reactive ketones (excluding diaryl/α,β-unsaturated/α-hetero) is 2. The van der Waals surface area contributed by atoms with Crippen LogP contribution in [0.3, 0.4) is 0 Å². The largest absolute Gasteiger partial charge is 0.300 e. The number of nitrogens with zero attached hydrogens (tertiary/aromatic N) is 1. The molecule has 1 aliphatic heterocycles. The molecule has 5 aliphatic rings. The van der Waals surface area contributed by atoms with Crippen LogP contribution in [0.15, 0.2) is 0 Å². The van der Waals surface area contributed by atoms with E-state index in [1.807, 2.05) is 0 Å². The number of carbonyl (C=O) groups excluding carboxylic acids is 2. The van der Waals surface area contributed by atoms with E-state index in [9.17, 15) is 9.59 Å². The van der Waals surface area contributed by atoms with Gasteiger partial charge in [-0.05, 0) is 106 Å². The van der Waals surface area contributed by atoms with Crippen molar-refractivity contribution in [2.75, 3.05) is 13.1 Å². The summed E-state index contributed by atoms with van der Waals surface area (Å²) in [7, 11) is 0. The second-order valence-corrected chi connectivity index (χ2v) is 11.6. The molecule has 0 aromatic carbocycles. The molecule has 1 saturated heterocycles. The Balaban J connectivity index is 1.40. The van der Waals surface area contributed by atoms with Crippen molar-refractivity contribution in [3.63, 3.8) is 0 Å². The first-order valence-electron chi connectivity index (χ1n) is 12.1. The molecule has 0 spiro atoms. The van der Waals surface area contributed by atoms with Crippen molar-refractivity contribution < 1.29 is 9.59 Å². The Morgan fingerprint density at radius 3 is 2.46 bits per heavy atom. The van der Waals surface area contributed by atoms with Crippen LogP contribution in [0.4, 0.5) is 0 Å². The summed E-state index contributed by atoms with van der Waals surface area (Å²) < 4.78 is 0. The predicted molar refractivity (Wildman–Crippen MR) is 111 cm³/mol. The first kappa shape index (κ1) is 19.3. The summed E-state index contributed by atoms with van der Waals surface area (Å²) in [6, 6.07) is 0.773. The minimum atomic E-state index is -0.0555. The quantitative estimate of drug-likeness (QED) is 0.680. The van der Waals surface area contributed by atoms with Crippen molar-refractivity contribution >= 4 is 11.6 Å². The Labute approximate surface area is 171 Å². The van der Waals surface area contributed by atoms with Crippen molar-refractivity contribution in [2.45, 2.75) is 91.0 Å². The highest BCUT2D eigenvalue weighted by Crippen LogP contribution is 2.66. The molecule has 5 fully saturated rings. The van der Waals surface area contributed by atoms with Gasteiger partial charge in [0.05, 0.1) is 0 Å². The number of likely N-dealkylation sites (tertiary alicyclic amines) is 1. The van der Waals surface area contributed by atoms with Crippen LogP contribution in [0.25, 0.3) is 0 Å². The van der Waals surface area contributed by atoms with Crippen LogP contribution in [-0.2, 0) is 9.59 Å². The Bertz CT molecular complexity index is 667. The van der Waals surface area contributed by atoms with E-state index in [0.717, 1.165) is 18.4 Å². The normalized spacial score (nSPS) is 51.5. The average molecular weight is 386 g/mol. The molecule has 0 amide bonds. The molecule has 3 nitrogen and oxygen atoms in total. The minimum absolute atomic E-state index is 0.0555. The number of rotatable bonds is 2. The van der Waals surface area contributed by atoms with Gasteiger partial charge in [-0.2, -0.15) is 0 Å². The van der Waals surface area contributed by atoms with E-state index in [2.05, 4.69) is 18.7 Å². The van der Waals surface area contributed by atoms with Gasteiger partial charge in [-0.25, -0.2) is 0 Å². The maximum atomic E-state index is 13.6. The molecular formula is C25H39NO2. The summed E-state index contributed by atoms with van der Waals surface area (Å²) >= 11 is 0. The lowest BCUT2D eigenvalue weighted by molar-refractivity contribution is -0.160. The Morgan fingerprint density at radius 2 is 1.75 bits per heavy atom. The molecule has 0 N–H and O–H groups in total. The molecule has 0 bridgehead atoms. The van der Waals surface area contributed by atoms with Crippen molar-refractivity contribution in [1.29, 1.82) is 0 Å². The molecule has 156 valence electrons. The molecular weight excluding hydrogens is 346 g/mol. The monoisotopic (exact) mass is 385 g/mol. The van der Waals surface area contributed by atoms with E-state index in [1.165, 1.54) is 64.5 Å². The van der Waals surface area contributed by atoms with Gasteiger partial charge >= 0.3 is 0 Å². The molecule has 4 saturated carbocycles. The van der Waals surface area contributed by atoms with Gasteiger partial charge in [-0.1, -0.05) is 13.8 Å². The van der Waals surface area contributed by atoms with Gasteiger partial charge in [0.25, 0.3) is 0 Å². The Hall–Kier alpha value is -0.700. The summed E-state index contributed by atoms with van der Waals surface area (Å²) in [5.74, 6) is 3.10. The molecule has 0 unspecified atom stereocenters. The smallest absolute Gasteiger partial charge is 0.137 e. The zero-order chi connectivity index (χ0) is 19.7. The fourth-order valence-electron chi connectivity index (χ4n) is 9.16. The fourth-order valence-corrected chi connectivity index (χ4v) is 9.16. The average Bonchev–Trinajstić information content (AvgIpc) is 3.27. The predicted octanol–water partition coefficient (Wildman–Crippen LogP) is 4.88. The lowest BCUT2D eigenvalue weighted by Crippen LogP contribution is -2.58. The highest BCUT2D eigenvalue weighted by atomic mass is 16.1. The van der Waals surface area contributed by atoms with Crippen molar-refractivity contribution in [2.24, 2.45) is 40.4 Å². The van der Waals surface area contributed by atoms with Crippen molar-refractivity contribution in [3.8, 4) is 0 Å². The lowest BCUT2D eigenvalue weighted by Gasteiger charge is -2.60. The van der Waals surface area contributed by atoms with Crippen molar-refractivity contribution in [1.82, 2.24) is 4.90 Å². The van der Waals surface area contributed by atoms with Crippen LogP contribution in [-0.4, -0.2) is 35.6 Å². The van der Waals surface area contributed by atoms with Gasteiger partial charge in [0.1, 0.15) is 11.6 Å². The summed E-state index contributed by atoms with van der Waals surface area (Å²) in [6.45, 7) is 9.11. The van der Waals surface area contributed by atoms with Crippen LogP contribution < -0.4 is 0 Å². The summed E-state index contributed by atoms with van der Waals surface area (Å²) in [5.41, 5.74) is 0.159. The zero-order valence-electron chi connectivity index (χ0n) is 18.2. The van der Waals surface area contributed by atoms with Crippen LogP contribution in [0, 0.1) is 40.4 Å². The van der Waals surface area contributed by atoms with Gasteiger partial charge in [0.15, 0.2) is 0 Å². The second kappa shape index (κ2) is 6.65. The SMILES string of the molecule is CC(=O)[C@H]1CC[C@H]2[C@@H]3CC[C@@H]4C[C@H](N5CCCC5)CC[C@]4(C)[C@H]3C(=O)C[C@]12C. The molecule has 4 aliphatic carbocycles. The number of hydrogen-bond donors (Lipinski definition) is 0. The van der Waals surface area contributed by atoms with E-state index in [0.29, 0.717) is 29.8 Å². The van der Waals surface area contributed by atoms with E-state index >= 15 is 0 Å². The third-order valence-corrected chi connectivity index (χ3v) is 10.5. The molecule has 1 heterocycles. The molecule has 28 heavy (non-hydrogen) atoms. The Morgan fingerprint density at radius 1 is 1.00 bits per heavy atom. The number of fused-ring (bicyclic) bond motifs is 5. The summed E-state index contributed by atoms with van der Waals surface area (Å²) in [5, 5.41) is 0. The maximum Gasteiger partial charge on any atom is 0.137 e. The van der Waals surface area contributed by atoms with E-state index < -0.39 is 0 Å². The topological polar surface area (TPSA) is 37.4 Å². The van der Waals surface area contributed by atoms with E-state index in [1.54, 1.807) is 6.92 Å². The minimum Gasteiger partial charge on any atom is -0.300 e. The number of ketones is 2. The number of hydrogen-bond acceptors (Lipinski definition) is 3. The van der Waals surface area contributed by atoms with Gasteiger partial charge < -0.3 is 4.90 Å². The third kappa shape index (κ3) is 2.63. The van der Waals surface area contributed by atoms with E-state index in [4.69, 9.17) is 0 Å². The maximum absolute atomic E-state index is 13.6.